The summed E-state index contributed by atoms with van der Waals surface area (Å²) in [4.78, 5) is 12.0. The molecule has 1 aromatic rings. The van der Waals surface area contributed by atoms with Gasteiger partial charge in [-0.05, 0) is 50.5 Å². The first-order valence-electron chi connectivity index (χ1n) is 6.07. The van der Waals surface area contributed by atoms with Crippen LogP contribution in [0.4, 0.5) is 0 Å². The topological polar surface area (TPSA) is 46.5 Å². The van der Waals surface area contributed by atoms with E-state index in [-0.39, 0.29) is 5.78 Å². The average Bonchev–Trinajstić information content (AvgIpc) is 3.13. The zero-order valence-corrected chi connectivity index (χ0v) is 10.3. The minimum Gasteiger partial charge on any atom is -0.490 e. The van der Waals surface area contributed by atoms with Gasteiger partial charge < -0.3 is 9.84 Å². The van der Waals surface area contributed by atoms with Crippen molar-refractivity contribution in [2.24, 2.45) is 0 Å². The third-order valence-corrected chi connectivity index (χ3v) is 3.12. The molecule has 0 spiro atoms. The van der Waals surface area contributed by atoms with E-state index < -0.39 is 5.60 Å². The molecule has 1 aromatic carbocycles. The summed E-state index contributed by atoms with van der Waals surface area (Å²) in [7, 11) is 0. The predicted molar refractivity (Wildman–Crippen MR) is 65.3 cm³/mol. The van der Waals surface area contributed by atoms with E-state index >= 15 is 0 Å². The predicted octanol–water partition coefficient (Wildman–Crippen LogP) is 2.57. The molecule has 3 nitrogen and oxygen atoms in total. The van der Waals surface area contributed by atoms with E-state index in [4.69, 9.17) is 4.74 Å². The van der Waals surface area contributed by atoms with Crippen molar-refractivity contribution in [2.75, 3.05) is 0 Å². The monoisotopic (exact) mass is 234 g/mol. The Morgan fingerprint density at radius 2 is 2.00 bits per heavy atom. The molecule has 1 aliphatic carbocycles. The first kappa shape index (κ1) is 12.1. The highest BCUT2D eigenvalue weighted by Crippen LogP contribution is 2.27. The fourth-order valence-corrected chi connectivity index (χ4v) is 1.53. The van der Waals surface area contributed by atoms with Crippen molar-refractivity contribution in [3.05, 3.63) is 29.8 Å². The molecule has 1 unspecified atom stereocenters. The summed E-state index contributed by atoms with van der Waals surface area (Å²) in [5, 5.41) is 9.89. The largest absolute Gasteiger partial charge is 0.490 e. The van der Waals surface area contributed by atoms with Crippen molar-refractivity contribution < 1.29 is 14.6 Å². The van der Waals surface area contributed by atoms with Crippen LogP contribution in [0.5, 0.6) is 5.75 Å². The maximum absolute atomic E-state index is 12.0. The van der Waals surface area contributed by atoms with Crippen LogP contribution in [0.1, 0.15) is 43.5 Å². The second kappa shape index (κ2) is 4.49. The molecule has 0 bridgehead atoms. The Labute approximate surface area is 101 Å². The van der Waals surface area contributed by atoms with Gasteiger partial charge in [-0.25, -0.2) is 0 Å². The van der Waals surface area contributed by atoms with Crippen LogP contribution in [0, 0.1) is 0 Å². The van der Waals surface area contributed by atoms with Crippen molar-refractivity contribution in [1.82, 2.24) is 0 Å². The molecule has 0 heterocycles. The van der Waals surface area contributed by atoms with Crippen molar-refractivity contribution in [3.8, 4) is 5.75 Å². The molecule has 0 aliphatic heterocycles. The van der Waals surface area contributed by atoms with E-state index in [0.717, 1.165) is 18.6 Å². The average molecular weight is 234 g/mol. The number of Topliss-reactive ketones (excluding diaryl/α,β-unsaturated/α-hetero) is 1. The lowest BCUT2D eigenvalue weighted by Crippen LogP contribution is -2.34. The maximum atomic E-state index is 12.0. The summed E-state index contributed by atoms with van der Waals surface area (Å²) in [6.07, 6.45) is 3.00. The standard InChI is InChI=1S/C14H18O3/c1-3-14(2,16)13(15)10-4-6-11(7-5-10)17-12-8-9-12/h4-7,12,16H,3,8-9H2,1-2H3. The van der Waals surface area contributed by atoms with Crippen molar-refractivity contribution >= 4 is 5.78 Å². The molecule has 1 aliphatic rings. The fourth-order valence-electron chi connectivity index (χ4n) is 1.53. The Balaban J connectivity index is 2.08. The van der Waals surface area contributed by atoms with Gasteiger partial charge in [-0.3, -0.25) is 4.79 Å². The van der Waals surface area contributed by atoms with Gasteiger partial charge in [-0.1, -0.05) is 6.92 Å². The summed E-state index contributed by atoms with van der Waals surface area (Å²) in [6.45, 7) is 3.34. The molecular formula is C14H18O3. The van der Waals surface area contributed by atoms with E-state index in [1.54, 1.807) is 38.1 Å². The minimum absolute atomic E-state index is 0.238. The van der Waals surface area contributed by atoms with Gasteiger partial charge in [0.05, 0.1) is 6.10 Å². The molecule has 1 N–H and O–H groups in total. The van der Waals surface area contributed by atoms with Gasteiger partial charge >= 0.3 is 0 Å². The third-order valence-electron chi connectivity index (χ3n) is 3.12. The van der Waals surface area contributed by atoms with Crippen LogP contribution in [0.15, 0.2) is 24.3 Å². The van der Waals surface area contributed by atoms with Crippen molar-refractivity contribution in [3.63, 3.8) is 0 Å². The van der Waals surface area contributed by atoms with Gasteiger partial charge in [0.15, 0.2) is 5.78 Å². The van der Waals surface area contributed by atoms with E-state index in [1.807, 2.05) is 0 Å². The maximum Gasteiger partial charge on any atom is 0.194 e. The van der Waals surface area contributed by atoms with Crippen LogP contribution in [0.2, 0.25) is 0 Å². The van der Waals surface area contributed by atoms with Gasteiger partial charge in [0, 0.05) is 5.56 Å². The minimum atomic E-state index is -1.28. The van der Waals surface area contributed by atoms with Crippen LogP contribution >= 0.6 is 0 Å². The second-order valence-electron chi connectivity index (χ2n) is 4.80. The summed E-state index contributed by atoms with van der Waals surface area (Å²) >= 11 is 0. The quantitative estimate of drug-likeness (QED) is 0.796. The lowest BCUT2D eigenvalue weighted by Gasteiger charge is -2.19. The Morgan fingerprint density at radius 1 is 1.41 bits per heavy atom. The molecular weight excluding hydrogens is 216 g/mol. The lowest BCUT2D eigenvalue weighted by atomic mass is 9.92. The molecule has 3 heteroatoms. The number of hydrogen-bond acceptors (Lipinski definition) is 3. The summed E-state index contributed by atoms with van der Waals surface area (Å²) in [5.74, 6) is 0.554. The van der Waals surface area contributed by atoms with E-state index in [2.05, 4.69) is 0 Å². The number of hydrogen-bond donors (Lipinski definition) is 1. The number of carbonyl (C=O) groups is 1. The molecule has 0 aromatic heterocycles. The van der Waals surface area contributed by atoms with Crippen LogP contribution in [-0.4, -0.2) is 22.6 Å². The summed E-state index contributed by atoms with van der Waals surface area (Å²) in [5.41, 5.74) is -0.751. The number of rotatable bonds is 5. The zero-order chi connectivity index (χ0) is 12.5. The Kier molecular flexibility index (Phi) is 3.20. The summed E-state index contributed by atoms with van der Waals surface area (Å²) < 4.78 is 5.60. The van der Waals surface area contributed by atoms with Gasteiger partial charge in [-0.2, -0.15) is 0 Å². The highest BCUT2D eigenvalue weighted by atomic mass is 16.5. The van der Waals surface area contributed by atoms with Crippen LogP contribution in [-0.2, 0) is 0 Å². The van der Waals surface area contributed by atoms with Gasteiger partial charge in [0.1, 0.15) is 11.4 Å². The first-order chi connectivity index (χ1) is 8.03. The molecule has 0 saturated heterocycles. The SMILES string of the molecule is CCC(C)(O)C(=O)c1ccc(OC2CC2)cc1. The number of carbonyl (C=O) groups excluding carboxylic acids is 1. The summed E-state index contributed by atoms with van der Waals surface area (Å²) in [6, 6.07) is 7.00. The number of ether oxygens (including phenoxy) is 1. The Hall–Kier alpha value is -1.35. The van der Waals surface area contributed by atoms with Crippen molar-refractivity contribution in [2.45, 2.75) is 44.8 Å². The fraction of sp³-hybridized carbons (Fsp3) is 0.500. The van der Waals surface area contributed by atoms with E-state index in [1.165, 1.54) is 0 Å². The first-order valence-corrected chi connectivity index (χ1v) is 6.07. The second-order valence-corrected chi connectivity index (χ2v) is 4.80. The lowest BCUT2D eigenvalue weighted by molar-refractivity contribution is 0.0390. The van der Waals surface area contributed by atoms with Crippen molar-refractivity contribution in [1.29, 1.82) is 0 Å². The number of benzene rings is 1. The highest BCUT2D eigenvalue weighted by molar-refractivity contribution is 6.02. The van der Waals surface area contributed by atoms with Crippen LogP contribution < -0.4 is 4.74 Å². The number of ketones is 1. The normalized spacial score (nSPS) is 18.5. The molecule has 1 atom stereocenters. The van der Waals surface area contributed by atoms with Gasteiger partial charge in [0.25, 0.3) is 0 Å². The van der Waals surface area contributed by atoms with Gasteiger partial charge in [-0.15, -0.1) is 0 Å². The van der Waals surface area contributed by atoms with E-state index in [0.29, 0.717) is 18.1 Å². The molecule has 0 radical (unpaired) electrons. The molecule has 2 rings (SSSR count). The Bertz CT molecular complexity index is 402. The van der Waals surface area contributed by atoms with Crippen LogP contribution in [0.3, 0.4) is 0 Å². The zero-order valence-electron chi connectivity index (χ0n) is 10.3. The van der Waals surface area contributed by atoms with Gasteiger partial charge in [0.2, 0.25) is 0 Å². The molecule has 17 heavy (non-hydrogen) atoms. The number of aliphatic hydroxyl groups is 1. The van der Waals surface area contributed by atoms with Crippen LogP contribution in [0.25, 0.3) is 0 Å². The molecule has 1 fully saturated rings. The smallest absolute Gasteiger partial charge is 0.194 e. The van der Waals surface area contributed by atoms with E-state index in [9.17, 15) is 9.90 Å². The molecule has 1 saturated carbocycles. The molecule has 0 amide bonds. The third kappa shape index (κ3) is 2.86. The molecule has 92 valence electrons. The Morgan fingerprint density at radius 3 is 2.47 bits per heavy atom. The highest BCUT2D eigenvalue weighted by Gasteiger charge is 2.29.